The molecule has 3 aromatic rings. The van der Waals surface area contributed by atoms with Gasteiger partial charge >= 0.3 is 0 Å². The first-order chi connectivity index (χ1) is 13.1. The summed E-state index contributed by atoms with van der Waals surface area (Å²) in [5, 5.41) is 0. The van der Waals surface area contributed by atoms with Crippen LogP contribution in [0.2, 0.25) is 0 Å². The molecule has 0 atom stereocenters. The highest BCUT2D eigenvalue weighted by Crippen LogP contribution is 2.18. The third kappa shape index (κ3) is 4.68. The van der Waals surface area contributed by atoms with E-state index in [1.165, 1.54) is 0 Å². The third-order valence-corrected chi connectivity index (χ3v) is 4.80. The van der Waals surface area contributed by atoms with Gasteiger partial charge in [0.1, 0.15) is 11.5 Å². The van der Waals surface area contributed by atoms with Crippen molar-refractivity contribution in [3.8, 4) is 11.5 Å². The Kier molecular flexibility index (Phi) is 6.13. The largest absolute Gasteiger partial charge is 0.494 e. The molecule has 0 saturated heterocycles. The van der Waals surface area contributed by atoms with Crippen molar-refractivity contribution in [3.05, 3.63) is 59.0 Å². The maximum Gasteiger partial charge on any atom is 0.221 e. The van der Waals surface area contributed by atoms with Gasteiger partial charge in [0.2, 0.25) is 10.4 Å². The van der Waals surface area contributed by atoms with E-state index in [1.807, 2.05) is 85.0 Å². The lowest BCUT2D eigenvalue weighted by Crippen LogP contribution is -2.26. The van der Waals surface area contributed by atoms with Crippen LogP contribution in [0.1, 0.15) is 13.8 Å². The minimum absolute atomic E-state index is 0.654. The first-order valence-electron chi connectivity index (χ1n) is 8.89. The first-order valence-corrected chi connectivity index (χ1v) is 9.66. The third-order valence-electron chi connectivity index (χ3n) is 3.84. The second-order valence-electron chi connectivity index (χ2n) is 5.81. The van der Waals surface area contributed by atoms with Gasteiger partial charge < -0.3 is 9.47 Å². The standard InChI is InChI=1S/C20H24N4O2S/c1-5-25-17-11-7-15(8-12-17)21-19-23(3)20(27-24(19)4)22-16-9-13-18(14-10-16)26-6-2/h7-14H,5-6H2,1-4H3. The van der Waals surface area contributed by atoms with Crippen LogP contribution >= 0.6 is 11.5 Å². The molecule has 6 nitrogen and oxygen atoms in total. The van der Waals surface area contributed by atoms with Gasteiger partial charge in [-0.25, -0.2) is 9.98 Å². The van der Waals surface area contributed by atoms with Crippen LogP contribution in [0.25, 0.3) is 0 Å². The lowest BCUT2D eigenvalue weighted by molar-refractivity contribution is 0.340. The van der Waals surface area contributed by atoms with E-state index in [4.69, 9.17) is 19.5 Å². The average Bonchev–Trinajstić information content (AvgIpc) is 2.93. The molecule has 0 aliphatic carbocycles. The summed E-state index contributed by atoms with van der Waals surface area (Å²) in [6, 6.07) is 15.5. The summed E-state index contributed by atoms with van der Waals surface area (Å²) in [6.07, 6.45) is 0. The Morgan fingerprint density at radius 2 is 1.26 bits per heavy atom. The minimum Gasteiger partial charge on any atom is -0.494 e. The normalized spacial score (nSPS) is 12.4. The Bertz CT molecular complexity index is 1010. The number of aryl methyl sites for hydroxylation is 1. The maximum absolute atomic E-state index is 5.48. The lowest BCUT2D eigenvalue weighted by Gasteiger charge is -2.02. The molecule has 0 saturated carbocycles. The van der Waals surface area contributed by atoms with Gasteiger partial charge in [0.15, 0.2) is 0 Å². The van der Waals surface area contributed by atoms with Crippen molar-refractivity contribution in [2.75, 3.05) is 13.2 Å². The van der Waals surface area contributed by atoms with Gasteiger partial charge in [-0.1, -0.05) is 0 Å². The molecule has 7 heteroatoms. The quantitative estimate of drug-likeness (QED) is 0.651. The molecule has 0 aliphatic rings. The topological polar surface area (TPSA) is 53.0 Å². The Morgan fingerprint density at radius 3 is 1.74 bits per heavy atom. The molecule has 27 heavy (non-hydrogen) atoms. The highest BCUT2D eigenvalue weighted by atomic mass is 32.1. The van der Waals surface area contributed by atoms with Crippen molar-refractivity contribution in [1.29, 1.82) is 0 Å². The van der Waals surface area contributed by atoms with Crippen LogP contribution in [0.5, 0.6) is 11.5 Å². The summed E-state index contributed by atoms with van der Waals surface area (Å²) in [7, 11) is 3.95. The summed E-state index contributed by atoms with van der Waals surface area (Å²) in [6.45, 7) is 5.25. The van der Waals surface area contributed by atoms with E-state index in [9.17, 15) is 0 Å². The number of aromatic nitrogens is 2. The average molecular weight is 385 g/mol. The molecule has 0 N–H and O–H groups in total. The molecule has 3 rings (SSSR count). The fraction of sp³-hybridized carbons (Fsp3) is 0.300. The summed E-state index contributed by atoms with van der Waals surface area (Å²) in [4.78, 5) is 10.3. The van der Waals surface area contributed by atoms with Crippen molar-refractivity contribution in [2.24, 2.45) is 24.1 Å². The molecule has 0 bridgehead atoms. The van der Waals surface area contributed by atoms with Gasteiger partial charge in [0.25, 0.3) is 0 Å². The molecule has 2 aromatic carbocycles. The Hall–Kier alpha value is -2.80. The number of hydrogen-bond donors (Lipinski definition) is 0. The van der Waals surface area contributed by atoms with E-state index in [-0.39, 0.29) is 0 Å². The summed E-state index contributed by atoms with van der Waals surface area (Å²) < 4.78 is 14.9. The fourth-order valence-electron chi connectivity index (χ4n) is 2.56. The smallest absolute Gasteiger partial charge is 0.221 e. The molecular weight excluding hydrogens is 360 g/mol. The van der Waals surface area contributed by atoms with Crippen molar-refractivity contribution in [2.45, 2.75) is 13.8 Å². The molecule has 0 spiro atoms. The van der Waals surface area contributed by atoms with Crippen LogP contribution < -0.4 is 19.9 Å². The molecule has 142 valence electrons. The van der Waals surface area contributed by atoms with Crippen LogP contribution in [0, 0.1) is 0 Å². The number of benzene rings is 2. The highest BCUT2D eigenvalue weighted by molar-refractivity contribution is 7.03. The van der Waals surface area contributed by atoms with Gasteiger partial charge in [-0.3, -0.25) is 8.52 Å². The van der Waals surface area contributed by atoms with Crippen LogP contribution in [-0.2, 0) is 14.1 Å². The number of nitrogens with zero attached hydrogens (tertiary/aromatic N) is 4. The van der Waals surface area contributed by atoms with Crippen molar-refractivity contribution >= 4 is 22.9 Å². The Balaban J connectivity index is 1.94. The SMILES string of the molecule is CCOc1ccc(N=c2sn(C)c(=Nc3ccc(OCC)cc3)n2C)cc1. The van der Waals surface area contributed by atoms with E-state index in [0.717, 1.165) is 33.3 Å². The molecule has 0 aliphatic heterocycles. The maximum atomic E-state index is 5.48. The van der Waals surface area contributed by atoms with Crippen LogP contribution in [-0.4, -0.2) is 21.7 Å². The molecule has 1 heterocycles. The van der Waals surface area contributed by atoms with Crippen molar-refractivity contribution < 1.29 is 9.47 Å². The van der Waals surface area contributed by atoms with Gasteiger partial charge in [-0.2, -0.15) is 0 Å². The van der Waals surface area contributed by atoms with Gasteiger partial charge in [0.05, 0.1) is 24.6 Å². The van der Waals surface area contributed by atoms with E-state index >= 15 is 0 Å². The molecule has 0 fully saturated rings. The van der Waals surface area contributed by atoms with Crippen LogP contribution in [0.3, 0.4) is 0 Å². The zero-order valence-corrected chi connectivity index (χ0v) is 16.9. The lowest BCUT2D eigenvalue weighted by atomic mass is 10.3. The predicted octanol–water partition coefficient (Wildman–Crippen LogP) is 3.69. The zero-order chi connectivity index (χ0) is 19.2. The van der Waals surface area contributed by atoms with E-state index in [0.29, 0.717) is 13.2 Å². The molecular formula is C20H24N4O2S. The summed E-state index contributed by atoms with van der Waals surface area (Å²) in [5.74, 6) is 1.70. The van der Waals surface area contributed by atoms with Gasteiger partial charge in [-0.15, -0.1) is 0 Å². The second-order valence-corrected chi connectivity index (χ2v) is 6.90. The van der Waals surface area contributed by atoms with Gasteiger partial charge in [-0.05, 0) is 73.9 Å². The Morgan fingerprint density at radius 1 is 0.778 bits per heavy atom. The summed E-state index contributed by atoms with van der Waals surface area (Å²) in [5.41, 5.74) is 2.58. The van der Waals surface area contributed by atoms with Gasteiger partial charge in [0, 0.05) is 14.1 Å². The second kappa shape index (κ2) is 8.73. The molecule has 0 unspecified atom stereocenters. The van der Waals surface area contributed by atoms with E-state index in [1.54, 1.807) is 11.5 Å². The number of hydrogen-bond acceptors (Lipinski definition) is 5. The predicted molar refractivity (Wildman–Crippen MR) is 108 cm³/mol. The fourth-order valence-corrected chi connectivity index (χ4v) is 3.40. The van der Waals surface area contributed by atoms with E-state index < -0.39 is 0 Å². The summed E-state index contributed by atoms with van der Waals surface area (Å²) >= 11 is 1.54. The monoisotopic (exact) mass is 384 g/mol. The first kappa shape index (κ1) is 19.0. The molecule has 1 aromatic heterocycles. The van der Waals surface area contributed by atoms with Crippen LogP contribution in [0.4, 0.5) is 11.4 Å². The number of rotatable bonds is 6. The number of ether oxygens (including phenoxy) is 2. The van der Waals surface area contributed by atoms with Crippen molar-refractivity contribution in [3.63, 3.8) is 0 Å². The highest BCUT2D eigenvalue weighted by Gasteiger charge is 2.02. The Labute approximate surface area is 162 Å². The zero-order valence-electron chi connectivity index (χ0n) is 16.0. The van der Waals surface area contributed by atoms with Crippen molar-refractivity contribution in [1.82, 2.24) is 8.52 Å². The van der Waals surface area contributed by atoms with Crippen LogP contribution in [0.15, 0.2) is 58.5 Å². The molecule has 0 radical (unpaired) electrons. The minimum atomic E-state index is 0.654. The van der Waals surface area contributed by atoms with E-state index in [2.05, 4.69) is 0 Å². The molecule has 0 amide bonds.